The summed E-state index contributed by atoms with van der Waals surface area (Å²) < 4.78 is 1.89. The molecule has 0 radical (unpaired) electrons. The Morgan fingerprint density at radius 1 is 0.903 bits per heavy atom. The highest BCUT2D eigenvalue weighted by Crippen LogP contribution is 2.26. The Hall–Kier alpha value is -3.64. The number of carbonyl (C=O) groups is 1. The number of nitrogens with zero attached hydrogens (tertiary/aromatic N) is 4. The first-order valence-electron chi connectivity index (χ1n) is 10.5. The Morgan fingerprint density at radius 2 is 1.68 bits per heavy atom. The van der Waals surface area contributed by atoms with E-state index in [1.807, 2.05) is 82.2 Å². The Balaban J connectivity index is 1.42. The van der Waals surface area contributed by atoms with Crippen molar-refractivity contribution in [1.29, 1.82) is 0 Å². The second-order valence-electron chi connectivity index (χ2n) is 7.71. The van der Waals surface area contributed by atoms with E-state index in [9.17, 15) is 9.90 Å². The van der Waals surface area contributed by atoms with Gasteiger partial charge in [-0.25, -0.2) is 4.98 Å². The van der Waals surface area contributed by atoms with Gasteiger partial charge >= 0.3 is 0 Å². The number of piperazine rings is 1. The van der Waals surface area contributed by atoms with Crippen molar-refractivity contribution in [2.45, 2.75) is 6.61 Å². The molecule has 1 amide bonds. The number of aromatic nitrogens is 2. The fourth-order valence-corrected chi connectivity index (χ4v) is 4.17. The average molecular weight is 412 g/mol. The Morgan fingerprint density at radius 3 is 2.45 bits per heavy atom. The molecule has 0 saturated carbocycles. The summed E-state index contributed by atoms with van der Waals surface area (Å²) in [5, 5.41) is 9.41. The standard InChI is InChI=1S/C25H24N4O2/c30-18-19-7-6-10-21(17-19)27-13-15-28(16-14-27)25(31)24-23(20-8-2-1-3-9-20)26-22-11-4-5-12-29(22)24/h1-12,17,30H,13-16,18H2. The molecule has 1 N–H and O–H groups in total. The van der Waals surface area contributed by atoms with Crippen LogP contribution in [0.5, 0.6) is 0 Å². The van der Waals surface area contributed by atoms with Gasteiger partial charge in [-0.2, -0.15) is 0 Å². The number of aliphatic hydroxyl groups is 1. The molecule has 31 heavy (non-hydrogen) atoms. The number of aliphatic hydroxyl groups excluding tert-OH is 1. The maximum atomic E-state index is 13.6. The third kappa shape index (κ3) is 3.66. The van der Waals surface area contributed by atoms with Crippen LogP contribution in [0, 0.1) is 0 Å². The van der Waals surface area contributed by atoms with Crippen LogP contribution >= 0.6 is 0 Å². The molecule has 4 aromatic rings. The van der Waals surface area contributed by atoms with Gasteiger partial charge < -0.3 is 14.9 Å². The minimum Gasteiger partial charge on any atom is -0.392 e. The van der Waals surface area contributed by atoms with Crippen molar-refractivity contribution >= 4 is 17.2 Å². The SMILES string of the molecule is O=C(c1c(-c2ccccc2)nc2ccccn12)N1CCN(c2cccc(CO)c2)CC1. The van der Waals surface area contributed by atoms with Gasteiger partial charge in [-0.15, -0.1) is 0 Å². The van der Waals surface area contributed by atoms with E-state index in [1.165, 1.54) is 0 Å². The topological polar surface area (TPSA) is 61.1 Å². The maximum Gasteiger partial charge on any atom is 0.273 e. The smallest absolute Gasteiger partial charge is 0.273 e. The highest BCUT2D eigenvalue weighted by Gasteiger charge is 2.28. The summed E-state index contributed by atoms with van der Waals surface area (Å²) in [5.41, 5.74) is 5.01. The van der Waals surface area contributed by atoms with Gasteiger partial charge in [0.05, 0.1) is 6.61 Å². The van der Waals surface area contributed by atoms with E-state index in [1.54, 1.807) is 0 Å². The van der Waals surface area contributed by atoms with Crippen LogP contribution in [0.1, 0.15) is 16.1 Å². The molecular weight excluding hydrogens is 388 g/mol. The van der Waals surface area contributed by atoms with Crippen molar-refractivity contribution in [3.05, 3.63) is 90.3 Å². The second-order valence-corrected chi connectivity index (χ2v) is 7.71. The van der Waals surface area contributed by atoms with Gasteiger partial charge in [0.2, 0.25) is 0 Å². The average Bonchev–Trinajstić information content (AvgIpc) is 3.24. The van der Waals surface area contributed by atoms with Crippen LogP contribution in [0.2, 0.25) is 0 Å². The summed E-state index contributed by atoms with van der Waals surface area (Å²) in [7, 11) is 0. The number of hydrogen-bond acceptors (Lipinski definition) is 4. The summed E-state index contributed by atoms with van der Waals surface area (Å²) in [6, 6.07) is 23.6. The van der Waals surface area contributed by atoms with Gasteiger partial charge in [-0.05, 0) is 29.8 Å². The fraction of sp³-hybridized carbons (Fsp3) is 0.200. The monoisotopic (exact) mass is 412 g/mol. The van der Waals surface area contributed by atoms with Gasteiger partial charge in [0.15, 0.2) is 0 Å². The molecule has 1 fully saturated rings. The molecule has 156 valence electrons. The Labute approximate surface area is 181 Å². The molecule has 2 aromatic heterocycles. The zero-order valence-corrected chi connectivity index (χ0v) is 17.2. The molecule has 2 aromatic carbocycles. The maximum absolute atomic E-state index is 13.6. The molecule has 0 atom stereocenters. The third-order valence-corrected chi connectivity index (χ3v) is 5.80. The number of amides is 1. The number of imidazole rings is 1. The fourth-order valence-electron chi connectivity index (χ4n) is 4.17. The van der Waals surface area contributed by atoms with Crippen LogP contribution in [-0.2, 0) is 6.61 Å². The molecule has 0 bridgehead atoms. The van der Waals surface area contributed by atoms with Crippen LogP contribution in [0.4, 0.5) is 5.69 Å². The highest BCUT2D eigenvalue weighted by molar-refractivity contribution is 5.99. The minimum absolute atomic E-state index is 0.00121. The number of benzene rings is 2. The summed E-state index contributed by atoms with van der Waals surface area (Å²) in [5.74, 6) is 0.00121. The molecule has 1 aliphatic rings. The van der Waals surface area contributed by atoms with E-state index in [0.29, 0.717) is 18.8 Å². The molecule has 6 nitrogen and oxygen atoms in total. The van der Waals surface area contributed by atoms with Crippen molar-refractivity contribution in [1.82, 2.24) is 14.3 Å². The van der Waals surface area contributed by atoms with E-state index in [4.69, 9.17) is 4.98 Å². The zero-order chi connectivity index (χ0) is 21.2. The first kappa shape index (κ1) is 19.3. The van der Waals surface area contributed by atoms with Crippen molar-refractivity contribution in [3.63, 3.8) is 0 Å². The van der Waals surface area contributed by atoms with E-state index < -0.39 is 0 Å². The Bertz CT molecular complexity index is 1210. The lowest BCUT2D eigenvalue weighted by Crippen LogP contribution is -2.49. The molecule has 5 rings (SSSR count). The molecule has 1 saturated heterocycles. The first-order chi connectivity index (χ1) is 15.2. The van der Waals surface area contributed by atoms with E-state index in [-0.39, 0.29) is 12.5 Å². The quantitative estimate of drug-likeness (QED) is 0.558. The predicted molar refractivity (Wildman–Crippen MR) is 121 cm³/mol. The number of pyridine rings is 1. The Kier molecular flexibility index (Phi) is 5.14. The molecule has 3 heterocycles. The molecular formula is C25H24N4O2. The zero-order valence-electron chi connectivity index (χ0n) is 17.2. The second kappa shape index (κ2) is 8.24. The number of rotatable bonds is 4. The van der Waals surface area contributed by atoms with Gasteiger partial charge in [0.1, 0.15) is 17.0 Å². The minimum atomic E-state index is 0.00121. The van der Waals surface area contributed by atoms with Gasteiger partial charge in [0, 0.05) is 43.6 Å². The number of hydrogen-bond donors (Lipinski definition) is 1. The van der Waals surface area contributed by atoms with Crippen molar-refractivity contribution in [2.24, 2.45) is 0 Å². The molecule has 1 aliphatic heterocycles. The number of anilines is 1. The lowest BCUT2D eigenvalue weighted by Gasteiger charge is -2.36. The first-order valence-corrected chi connectivity index (χ1v) is 10.5. The van der Waals surface area contributed by atoms with Crippen molar-refractivity contribution in [2.75, 3.05) is 31.1 Å². The van der Waals surface area contributed by atoms with Gasteiger partial charge in [-0.1, -0.05) is 48.5 Å². The lowest BCUT2D eigenvalue weighted by atomic mass is 10.1. The van der Waals surface area contributed by atoms with Crippen molar-refractivity contribution in [3.8, 4) is 11.3 Å². The predicted octanol–water partition coefficient (Wildman–Crippen LogP) is 3.46. The molecule has 0 spiro atoms. The largest absolute Gasteiger partial charge is 0.392 e. The summed E-state index contributed by atoms with van der Waals surface area (Å²) >= 11 is 0. The summed E-state index contributed by atoms with van der Waals surface area (Å²) in [6.45, 7) is 2.80. The molecule has 0 aliphatic carbocycles. The summed E-state index contributed by atoms with van der Waals surface area (Å²) in [6.07, 6.45) is 1.90. The van der Waals surface area contributed by atoms with Crippen LogP contribution in [0.25, 0.3) is 16.9 Å². The normalized spacial score (nSPS) is 14.2. The lowest BCUT2D eigenvalue weighted by molar-refractivity contribution is 0.0740. The molecule has 6 heteroatoms. The number of fused-ring (bicyclic) bond motifs is 1. The van der Waals surface area contributed by atoms with Crippen LogP contribution in [-0.4, -0.2) is 51.5 Å². The van der Waals surface area contributed by atoms with Crippen LogP contribution in [0.3, 0.4) is 0 Å². The number of carbonyl (C=O) groups excluding carboxylic acids is 1. The van der Waals surface area contributed by atoms with Crippen molar-refractivity contribution < 1.29 is 9.90 Å². The van der Waals surface area contributed by atoms with Crippen LogP contribution in [0.15, 0.2) is 79.0 Å². The van der Waals surface area contributed by atoms with Gasteiger partial charge in [0.25, 0.3) is 5.91 Å². The highest BCUT2D eigenvalue weighted by atomic mass is 16.3. The van der Waals surface area contributed by atoms with E-state index in [0.717, 1.165) is 41.2 Å². The van der Waals surface area contributed by atoms with Gasteiger partial charge in [-0.3, -0.25) is 9.20 Å². The van der Waals surface area contributed by atoms with E-state index >= 15 is 0 Å². The molecule has 0 unspecified atom stereocenters. The van der Waals surface area contributed by atoms with Crippen LogP contribution < -0.4 is 4.90 Å². The summed E-state index contributed by atoms with van der Waals surface area (Å²) in [4.78, 5) is 22.6. The van der Waals surface area contributed by atoms with E-state index in [2.05, 4.69) is 11.0 Å². The third-order valence-electron chi connectivity index (χ3n) is 5.80.